The predicted octanol–water partition coefficient (Wildman–Crippen LogP) is 6.66. The van der Waals surface area contributed by atoms with E-state index in [4.69, 9.17) is 35.4 Å². The number of thiocarbonyl (C=S) groups is 1. The molecule has 0 saturated heterocycles. The lowest BCUT2D eigenvalue weighted by Gasteiger charge is -2.23. The van der Waals surface area contributed by atoms with Crippen molar-refractivity contribution in [2.75, 3.05) is 0 Å². The lowest BCUT2D eigenvalue weighted by atomic mass is 10.1. The van der Waals surface area contributed by atoms with E-state index >= 15 is 0 Å². The van der Waals surface area contributed by atoms with Gasteiger partial charge in [0.15, 0.2) is 0 Å². The van der Waals surface area contributed by atoms with Crippen LogP contribution in [0.5, 0.6) is 0 Å². The van der Waals surface area contributed by atoms with Crippen molar-refractivity contribution >= 4 is 51.4 Å². The molecule has 2 aromatic rings. The van der Waals surface area contributed by atoms with Gasteiger partial charge in [-0.25, -0.2) is 4.98 Å². The lowest BCUT2D eigenvalue weighted by molar-refractivity contribution is 0.652. The van der Waals surface area contributed by atoms with Gasteiger partial charge in [0, 0.05) is 21.6 Å². The fourth-order valence-electron chi connectivity index (χ4n) is 2.23. The SMILES string of the molecule is CCCCCC(=S)SC(c1ccc(Cl)cc1)C(Cl)n1ccnc1. The van der Waals surface area contributed by atoms with Crippen molar-refractivity contribution in [1.82, 2.24) is 9.55 Å². The first kappa shape index (κ1) is 18.8. The van der Waals surface area contributed by atoms with Gasteiger partial charge in [0.05, 0.1) is 11.6 Å². The van der Waals surface area contributed by atoms with Crippen molar-refractivity contribution in [3.63, 3.8) is 0 Å². The van der Waals surface area contributed by atoms with Crippen LogP contribution >= 0.6 is 47.2 Å². The summed E-state index contributed by atoms with van der Waals surface area (Å²) in [7, 11) is 0. The zero-order valence-corrected chi connectivity index (χ0v) is 16.1. The fraction of sp³-hybridized carbons (Fsp3) is 0.412. The molecule has 0 radical (unpaired) electrons. The molecule has 0 aliphatic carbocycles. The summed E-state index contributed by atoms with van der Waals surface area (Å²) < 4.78 is 2.91. The first-order valence-electron chi connectivity index (χ1n) is 7.68. The van der Waals surface area contributed by atoms with Crippen molar-refractivity contribution in [2.24, 2.45) is 0 Å². The van der Waals surface area contributed by atoms with Crippen molar-refractivity contribution in [3.8, 4) is 0 Å². The number of nitrogens with zero attached hydrogens (tertiary/aromatic N) is 2. The topological polar surface area (TPSA) is 17.8 Å². The van der Waals surface area contributed by atoms with Crippen LogP contribution in [0.15, 0.2) is 43.0 Å². The molecule has 0 N–H and O–H groups in total. The molecule has 0 saturated carbocycles. The molecule has 2 unspecified atom stereocenters. The number of thioether (sulfide) groups is 1. The van der Waals surface area contributed by atoms with Gasteiger partial charge >= 0.3 is 0 Å². The molecule has 0 fully saturated rings. The van der Waals surface area contributed by atoms with Crippen LogP contribution in [0.2, 0.25) is 5.02 Å². The number of hydrogen-bond acceptors (Lipinski definition) is 3. The summed E-state index contributed by atoms with van der Waals surface area (Å²) in [6.45, 7) is 2.19. The van der Waals surface area contributed by atoms with Crippen LogP contribution in [-0.4, -0.2) is 13.7 Å². The quantitative estimate of drug-likeness (QED) is 0.287. The van der Waals surface area contributed by atoms with Gasteiger partial charge in [-0.05, 0) is 30.5 Å². The molecular weight excluding hydrogens is 367 g/mol. The average Bonchev–Trinajstić information content (AvgIpc) is 3.08. The zero-order chi connectivity index (χ0) is 16.7. The summed E-state index contributed by atoms with van der Waals surface area (Å²) in [6.07, 6.45) is 9.83. The van der Waals surface area contributed by atoms with Gasteiger partial charge in [-0.1, -0.05) is 67.3 Å². The van der Waals surface area contributed by atoms with Gasteiger partial charge in [0.25, 0.3) is 0 Å². The Balaban J connectivity index is 2.14. The number of benzene rings is 1. The molecule has 1 aromatic heterocycles. The van der Waals surface area contributed by atoms with Gasteiger partial charge in [-0.2, -0.15) is 0 Å². The highest BCUT2D eigenvalue weighted by Gasteiger charge is 2.24. The summed E-state index contributed by atoms with van der Waals surface area (Å²) in [4.78, 5) is 4.09. The fourth-order valence-corrected chi connectivity index (χ4v) is 4.32. The van der Waals surface area contributed by atoms with Crippen LogP contribution in [-0.2, 0) is 0 Å². The molecule has 0 bridgehead atoms. The van der Waals surface area contributed by atoms with Gasteiger partial charge in [0.1, 0.15) is 5.50 Å². The first-order chi connectivity index (χ1) is 11.1. The minimum atomic E-state index is -0.257. The smallest absolute Gasteiger partial charge is 0.125 e. The second kappa shape index (κ2) is 9.67. The molecule has 1 heterocycles. The number of unbranched alkanes of at least 4 members (excludes halogenated alkanes) is 2. The molecule has 2 rings (SSSR count). The van der Waals surface area contributed by atoms with Crippen molar-refractivity contribution < 1.29 is 0 Å². The van der Waals surface area contributed by atoms with Crippen molar-refractivity contribution in [1.29, 1.82) is 0 Å². The average molecular weight is 387 g/mol. The molecule has 2 nitrogen and oxygen atoms in total. The molecule has 2 atom stereocenters. The molecule has 6 heteroatoms. The number of imidazole rings is 1. The van der Waals surface area contributed by atoms with Gasteiger partial charge in [0.2, 0.25) is 0 Å². The van der Waals surface area contributed by atoms with Crippen LogP contribution in [0.1, 0.15) is 48.9 Å². The highest BCUT2D eigenvalue weighted by atomic mass is 35.5. The summed E-state index contributed by atoms with van der Waals surface area (Å²) in [5.74, 6) is 0. The third-order valence-corrected chi connectivity index (χ3v) is 6.12. The Kier molecular flexibility index (Phi) is 7.90. The van der Waals surface area contributed by atoms with E-state index in [2.05, 4.69) is 11.9 Å². The van der Waals surface area contributed by atoms with Crippen LogP contribution in [0.25, 0.3) is 0 Å². The predicted molar refractivity (Wildman–Crippen MR) is 106 cm³/mol. The van der Waals surface area contributed by atoms with Gasteiger partial charge < -0.3 is 4.57 Å². The minimum Gasteiger partial charge on any atom is -0.319 e. The molecule has 0 aliphatic rings. The standard InChI is InChI=1S/C17H20Cl2N2S2/c1-2-3-4-5-15(22)23-16(13-6-8-14(18)9-7-13)17(19)21-11-10-20-12-21/h6-12,16-17H,2-5H2,1H3. The lowest BCUT2D eigenvalue weighted by Crippen LogP contribution is -2.11. The minimum absolute atomic E-state index is 0.0252. The molecule has 0 spiro atoms. The highest BCUT2D eigenvalue weighted by Crippen LogP contribution is 2.42. The number of aromatic nitrogens is 2. The molecule has 1 aromatic carbocycles. The summed E-state index contributed by atoms with van der Waals surface area (Å²) in [5.41, 5.74) is 0.860. The van der Waals surface area contributed by atoms with E-state index < -0.39 is 0 Å². The van der Waals surface area contributed by atoms with E-state index in [0.717, 1.165) is 27.6 Å². The number of rotatable bonds is 8. The zero-order valence-electron chi connectivity index (χ0n) is 13.0. The summed E-state index contributed by atoms with van der Waals surface area (Å²) >= 11 is 19.9. The number of halogens is 2. The van der Waals surface area contributed by atoms with Gasteiger partial charge in [-0.15, -0.1) is 11.8 Å². The monoisotopic (exact) mass is 386 g/mol. The Labute approximate surface area is 157 Å². The maximum Gasteiger partial charge on any atom is 0.125 e. The van der Waals surface area contributed by atoms with Crippen LogP contribution in [0, 0.1) is 0 Å². The van der Waals surface area contributed by atoms with Crippen LogP contribution < -0.4 is 0 Å². The maximum atomic E-state index is 6.70. The van der Waals surface area contributed by atoms with E-state index in [0.29, 0.717) is 0 Å². The molecule has 124 valence electrons. The van der Waals surface area contributed by atoms with E-state index in [1.165, 1.54) is 12.8 Å². The van der Waals surface area contributed by atoms with Crippen LogP contribution in [0.4, 0.5) is 0 Å². The van der Waals surface area contributed by atoms with E-state index in [9.17, 15) is 0 Å². The van der Waals surface area contributed by atoms with E-state index in [1.807, 2.05) is 35.0 Å². The Bertz CT molecular complexity index is 600. The normalized spacial score (nSPS) is 13.7. The third kappa shape index (κ3) is 5.79. The Hall–Kier alpha value is -0.550. The van der Waals surface area contributed by atoms with Gasteiger partial charge in [-0.3, -0.25) is 0 Å². The Morgan fingerprint density at radius 1 is 1.30 bits per heavy atom. The Morgan fingerprint density at radius 2 is 2.04 bits per heavy atom. The summed E-state index contributed by atoms with van der Waals surface area (Å²) in [6, 6.07) is 7.81. The highest BCUT2D eigenvalue weighted by molar-refractivity contribution is 8.23. The van der Waals surface area contributed by atoms with Crippen molar-refractivity contribution in [3.05, 3.63) is 53.6 Å². The van der Waals surface area contributed by atoms with E-state index in [-0.39, 0.29) is 10.8 Å². The largest absolute Gasteiger partial charge is 0.319 e. The third-order valence-electron chi connectivity index (χ3n) is 3.50. The maximum absolute atomic E-state index is 6.70. The van der Waals surface area contributed by atoms with Crippen LogP contribution in [0.3, 0.4) is 0 Å². The number of hydrogen-bond donors (Lipinski definition) is 0. The molecule has 23 heavy (non-hydrogen) atoms. The summed E-state index contributed by atoms with van der Waals surface area (Å²) in [5, 5.41) is 0.744. The second-order valence-corrected chi connectivity index (χ2v) is 8.17. The van der Waals surface area contributed by atoms with E-state index in [1.54, 1.807) is 24.3 Å². The molecule has 0 aliphatic heterocycles. The Morgan fingerprint density at radius 3 is 2.65 bits per heavy atom. The molecule has 0 amide bonds. The first-order valence-corrected chi connectivity index (χ1v) is 9.78. The molecular formula is C17H20Cl2N2S2. The van der Waals surface area contributed by atoms with Crippen molar-refractivity contribution in [2.45, 2.75) is 43.4 Å². The number of alkyl halides is 1. The second-order valence-electron chi connectivity index (χ2n) is 5.30.